The van der Waals surface area contributed by atoms with E-state index < -0.39 is 29.3 Å². The van der Waals surface area contributed by atoms with Gasteiger partial charge in [-0.15, -0.1) is 5.01 Å². The summed E-state index contributed by atoms with van der Waals surface area (Å²) in [6.45, 7) is 5.15. The molecule has 2 heterocycles. The number of oxazole rings is 1. The van der Waals surface area contributed by atoms with E-state index in [2.05, 4.69) is 20.7 Å². The first-order chi connectivity index (χ1) is 15.8. The lowest BCUT2D eigenvalue weighted by molar-refractivity contribution is -0.841. The number of carbonyl (C=O) groups excluding carboxylic acids is 2. The van der Waals surface area contributed by atoms with Crippen LogP contribution in [0.4, 0.5) is 29.7 Å². The fourth-order valence-electron chi connectivity index (χ4n) is 2.65. The van der Waals surface area contributed by atoms with Crippen LogP contribution in [-0.4, -0.2) is 34.6 Å². The van der Waals surface area contributed by atoms with Gasteiger partial charge in [0.05, 0.1) is 23.6 Å². The molecule has 0 fully saturated rings. The topological polar surface area (TPSA) is 111 Å². The number of alkyl halides is 3. The minimum atomic E-state index is -4.42. The molecule has 1 aromatic carbocycles. The van der Waals surface area contributed by atoms with Crippen LogP contribution in [0.15, 0.2) is 53.2 Å². The highest BCUT2D eigenvalue weighted by Gasteiger charge is 2.30. The van der Waals surface area contributed by atoms with Crippen molar-refractivity contribution in [3.05, 3.63) is 60.0 Å². The van der Waals surface area contributed by atoms with Crippen LogP contribution in [0.25, 0.3) is 11.3 Å². The maximum absolute atomic E-state index is 12.7. The summed E-state index contributed by atoms with van der Waals surface area (Å²) in [4.78, 5) is 32.4. The lowest BCUT2D eigenvalue weighted by Crippen LogP contribution is -3.19. The summed E-state index contributed by atoms with van der Waals surface area (Å²) in [7, 11) is 1.43. The molecular formula is C22H23F3N5O4+. The molecule has 0 saturated heterocycles. The molecule has 0 saturated carbocycles. The number of pyridine rings is 1. The Labute approximate surface area is 192 Å². The van der Waals surface area contributed by atoms with Crippen LogP contribution in [0.1, 0.15) is 36.8 Å². The van der Waals surface area contributed by atoms with Crippen molar-refractivity contribution in [1.29, 1.82) is 0 Å². The number of anilines is 2. The number of alkyl carbamates (subject to hydrolysis) is 1. The second kappa shape index (κ2) is 9.51. The summed E-state index contributed by atoms with van der Waals surface area (Å²) in [5, 5.41) is 2.88. The van der Waals surface area contributed by atoms with Crippen LogP contribution in [0, 0.1) is 0 Å². The molecular weight excluding hydrogens is 455 g/mol. The number of halogens is 3. The van der Waals surface area contributed by atoms with E-state index in [4.69, 9.17) is 9.15 Å². The molecule has 2 amide bonds. The van der Waals surface area contributed by atoms with Gasteiger partial charge in [-0.2, -0.15) is 23.4 Å². The third-order valence-electron chi connectivity index (χ3n) is 4.26. The maximum Gasteiger partial charge on any atom is 0.539 e. The molecule has 2 aromatic heterocycles. The largest absolute Gasteiger partial charge is 0.539 e. The number of rotatable bonds is 4. The van der Waals surface area contributed by atoms with E-state index in [-0.39, 0.29) is 22.5 Å². The Morgan fingerprint density at radius 3 is 2.24 bits per heavy atom. The zero-order valence-corrected chi connectivity index (χ0v) is 18.8. The van der Waals surface area contributed by atoms with Gasteiger partial charge in [-0.25, -0.2) is 9.97 Å². The number of amides is 2. The van der Waals surface area contributed by atoms with E-state index in [0.717, 1.165) is 12.1 Å². The summed E-state index contributed by atoms with van der Waals surface area (Å²) < 4.78 is 48.8. The zero-order valence-electron chi connectivity index (χ0n) is 18.8. The van der Waals surface area contributed by atoms with Gasteiger partial charge < -0.3 is 14.5 Å². The van der Waals surface area contributed by atoms with E-state index >= 15 is 0 Å². The minimum absolute atomic E-state index is 0.0273. The van der Waals surface area contributed by atoms with Crippen molar-refractivity contribution in [2.45, 2.75) is 32.5 Å². The lowest BCUT2D eigenvalue weighted by atomic mass is 10.1. The van der Waals surface area contributed by atoms with Crippen molar-refractivity contribution in [1.82, 2.24) is 15.4 Å². The van der Waals surface area contributed by atoms with Gasteiger partial charge in [-0.3, -0.25) is 4.79 Å². The second-order valence-corrected chi connectivity index (χ2v) is 8.24. The third kappa shape index (κ3) is 6.54. The number of nitrogens with zero attached hydrogens (tertiary/aromatic N) is 2. The molecule has 3 rings (SSSR count). The van der Waals surface area contributed by atoms with Crippen LogP contribution >= 0.6 is 0 Å². The van der Waals surface area contributed by atoms with Crippen molar-refractivity contribution in [3.8, 4) is 11.3 Å². The van der Waals surface area contributed by atoms with Gasteiger partial charge in [0.2, 0.25) is 0 Å². The predicted molar refractivity (Wildman–Crippen MR) is 115 cm³/mol. The summed E-state index contributed by atoms with van der Waals surface area (Å²) in [5.41, 5.74) is 1.92. The third-order valence-corrected chi connectivity index (χ3v) is 4.26. The molecule has 1 atom stereocenters. The van der Waals surface area contributed by atoms with Gasteiger partial charge in [0.1, 0.15) is 18.3 Å². The quantitative estimate of drug-likeness (QED) is 0.492. The van der Waals surface area contributed by atoms with Crippen molar-refractivity contribution >= 4 is 23.7 Å². The normalized spacial score (nSPS) is 12.7. The fourth-order valence-corrected chi connectivity index (χ4v) is 2.65. The van der Waals surface area contributed by atoms with Crippen LogP contribution in [0.3, 0.4) is 0 Å². The summed E-state index contributed by atoms with van der Waals surface area (Å²) in [5.74, 6) is -0.316. The standard InChI is InChI=1S/C22H22F3N5O4/c1-21(2,3)34-20(32)30(4)29-18(31)16-10-9-15(11-26-16)28-19-27-12-17(33-19)13-5-7-14(8-6-13)22(23,24)25/h5-12H,1-4H3,(H,27,28)(H,29,31)/p+1. The maximum atomic E-state index is 12.7. The van der Waals surface area contributed by atoms with Crippen molar-refractivity contribution in [2.75, 3.05) is 12.4 Å². The Morgan fingerprint density at radius 2 is 1.68 bits per heavy atom. The Balaban J connectivity index is 1.60. The molecule has 0 spiro atoms. The van der Waals surface area contributed by atoms with Gasteiger partial charge in [0.15, 0.2) is 5.76 Å². The fraction of sp³-hybridized carbons (Fsp3) is 0.273. The Bertz CT molecular complexity index is 1150. The molecule has 0 aliphatic carbocycles. The predicted octanol–water partition coefficient (Wildman–Crippen LogP) is 3.59. The highest BCUT2D eigenvalue weighted by molar-refractivity contribution is 5.91. The Morgan fingerprint density at radius 1 is 1.00 bits per heavy atom. The van der Waals surface area contributed by atoms with Crippen molar-refractivity contribution < 1.29 is 36.9 Å². The molecule has 34 heavy (non-hydrogen) atoms. The SMILES string of the molecule is C[NH+](NC(=O)c1ccc(Nc2ncc(-c3ccc(C(F)(F)F)cc3)o2)cn1)C(=O)OC(C)(C)C. The first-order valence-electron chi connectivity index (χ1n) is 10.1. The van der Waals surface area contributed by atoms with Crippen LogP contribution in [-0.2, 0) is 10.9 Å². The molecule has 3 aromatic rings. The molecule has 3 N–H and O–H groups in total. The lowest BCUT2D eigenvalue weighted by Gasteiger charge is -2.20. The number of hydrogen-bond donors (Lipinski definition) is 3. The van der Waals surface area contributed by atoms with E-state index in [1.165, 1.54) is 37.6 Å². The zero-order chi connectivity index (χ0) is 25.1. The number of ether oxygens (including phenoxy) is 1. The number of carbonyl (C=O) groups is 2. The summed E-state index contributed by atoms with van der Waals surface area (Å²) in [6, 6.07) is 7.56. The second-order valence-electron chi connectivity index (χ2n) is 8.24. The first kappa shape index (κ1) is 24.7. The van der Waals surface area contributed by atoms with Crippen molar-refractivity contribution in [3.63, 3.8) is 0 Å². The van der Waals surface area contributed by atoms with Gasteiger partial charge in [0.25, 0.3) is 6.01 Å². The first-order valence-corrected chi connectivity index (χ1v) is 10.1. The summed E-state index contributed by atoms with van der Waals surface area (Å²) in [6.07, 6.45) is -2.34. The number of hydrogen-bond acceptors (Lipinski definition) is 7. The molecule has 0 radical (unpaired) electrons. The van der Waals surface area contributed by atoms with Gasteiger partial charge in [-0.05, 0) is 45.0 Å². The van der Waals surface area contributed by atoms with Crippen molar-refractivity contribution in [2.24, 2.45) is 0 Å². The number of nitrogens with one attached hydrogen (secondary N) is 3. The highest BCUT2D eigenvalue weighted by atomic mass is 19.4. The molecule has 9 nitrogen and oxygen atoms in total. The highest BCUT2D eigenvalue weighted by Crippen LogP contribution is 2.31. The van der Waals surface area contributed by atoms with Gasteiger partial charge in [-0.1, -0.05) is 12.1 Å². The number of quaternary nitrogens is 1. The van der Waals surface area contributed by atoms with Crippen LogP contribution in [0.5, 0.6) is 0 Å². The molecule has 1 unspecified atom stereocenters. The van der Waals surface area contributed by atoms with E-state index in [1.807, 2.05) is 0 Å². The summed E-state index contributed by atoms with van der Waals surface area (Å²) >= 11 is 0. The molecule has 12 heteroatoms. The Kier molecular flexibility index (Phi) is 6.91. The average molecular weight is 478 g/mol. The minimum Gasteiger partial charge on any atom is -0.423 e. The molecule has 0 aliphatic rings. The Hall–Kier alpha value is -3.93. The molecule has 0 bridgehead atoms. The average Bonchev–Trinajstić information content (AvgIpc) is 3.21. The van der Waals surface area contributed by atoms with E-state index in [1.54, 1.807) is 26.8 Å². The van der Waals surface area contributed by atoms with E-state index in [9.17, 15) is 22.8 Å². The number of aromatic nitrogens is 2. The molecule has 180 valence electrons. The van der Waals surface area contributed by atoms with Crippen LogP contribution in [0.2, 0.25) is 0 Å². The van der Waals surface area contributed by atoms with Gasteiger partial charge >= 0.3 is 18.2 Å². The smallest absolute Gasteiger partial charge is 0.423 e. The monoisotopic (exact) mass is 478 g/mol. The van der Waals surface area contributed by atoms with Gasteiger partial charge in [0, 0.05) is 5.56 Å². The molecule has 0 aliphatic heterocycles. The van der Waals surface area contributed by atoms with E-state index in [0.29, 0.717) is 11.3 Å². The number of benzene rings is 1. The van der Waals surface area contributed by atoms with Crippen LogP contribution < -0.4 is 15.8 Å².